The highest BCUT2D eigenvalue weighted by molar-refractivity contribution is 5.35. The molecule has 3 nitrogen and oxygen atoms in total. The van der Waals surface area contributed by atoms with E-state index in [0.29, 0.717) is 0 Å². The lowest BCUT2D eigenvalue weighted by molar-refractivity contribution is 0.279. The van der Waals surface area contributed by atoms with Gasteiger partial charge in [0.05, 0.1) is 7.11 Å². The number of hydrogen-bond acceptors (Lipinski definition) is 3. The Balaban J connectivity index is 2.72. The maximum atomic E-state index is 8.70. The quantitative estimate of drug-likeness (QED) is 0.748. The minimum atomic E-state index is -0.0571. The van der Waals surface area contributed by atoms with Crippen LogP contribution in [-0.2, 0) is 0 Å². The van der Waals surface area contributed by atoms with E-state index in [1.165, 1.54) is 0 Å². The number of hydrogen-bond donors (Lipinski definition) is 2. The number of aliphatic hydroxyl groups excluding tert-OH is 1. The van der Waals surface area contributed by atoms with Crippen molar-refractivity contribution >= 4 is 0 Å². The number of benzene rings is 1. The summed E-state index contributed by atoms with van der Waals surface area (Å²) >= 11 is 0. The predicted octanol–water partition coefficient (Wildman–Crippen LogP) is 1.47. The van der Waals surface area contributed by atoms with Gasteiger partial charge in [-0.15, -0.1) is 0 Å². The Morgan fingerprint density at radius 1 is 1.43 bits per heavy atom. The van der Waals surface area contributed by atoms with E-state index >= 15 is 0 Å². The van der Waals surface area contributed by atoms with Crippen molar-refractivity contribution < 1.29 is 9.84 Å². The minimum Gasteiger partial charge on any atom is -0.496 e. The largest absolute Gasteiger partial charge is 0.496 e. The first-order valence-corrected chi connectivity index (χ1v) is 4.79. The molecule has 3 heteroatoms. The molecule has 0 bridgehead atoms. The standard InChI is InChI=1S/C11H17NO2/c1-14-11-7-3-2-5-9(11)10(12)6-4-8-13/h2-3,5,7,10,13H,4,6,8,12H2,1H3/t10-/m1/s1. The maximum Gasteiger partial charge on any atom is 0.123 e. The van der Waals surface area contributed by atoms with Crippen LogP contribution in [0.15, 0.2) is 24.3 Å². The molecule has 0 heterocycles. The van der Waals surface area contributed by atoms with Crippen molar-refractivity contribution in [3.63, 3.8) is 0 Å². The van der Waals surface area contributed by atoms with Crippen LogP contribution in [0.25, 0.3) is 0 Å². The fraction of sp³-hybridized carbons (Fsp3) is 0.455. The summed E-state index contributed by atoms with van der Waals surface area (Å²) in [5.41, 5.74) is 6.97. The number of aliphatic hydroxyl groups is 1. The molecule has 0 amide bonds. The minimum absolute atomic E-state index is 0.0571. The molecular weight excluding hydrogens is 178 g/mol. The molecule has 3 N–H and O–H groups in total. The summed E-state index contributed by atoms with van der Waals surface area (Å²) in [6.45, 7) is 0.183. The highest BCUT2D eigenvalue weighted by Gasteiger charge is 2.10. The number of ether oxygens (including phenoxy) is 1. The SMILES string of the molecule is COc1ccccc1[C@H](N)CCCO. The fourth-order valence-corrected chi connectivity index (χ4v) is 1.44. The Labute approximate surface area is 84.5 Å². The van der Waals surface area contributed by atoms with Gasteiger partial charge in [-0.1, -0.05) is 18.2 Å². The zero-order chi connectivity index (χ0) is 10.4. The third kappa shape index (κ3) is 2.72. The van der Waals surface area contributed by atoms with Crippen LogP contribution in [-0.4, -0.2) is 18.8 Å². The Morgan fingerprint density at radius 2 is 2.14 bits per heavy atom. The number of nitrogens with two attached hydrogens (primary N) is 1. The number of para-hydroxylation sites is 1. The molecule has 0 aliphatic rings. The third-order valence-electron chi connectivity index (χ3n) is 2.21. The smallest absolute Gasteiger partial charge is 0.123 e. The summed E-state index contributed by atoms with van der Waals surface area (Å²) < 4.78 is 5.20. The van der Waals surface area contributed by atoms with Gasteiger partial charge in [-0.2, -0.15) is 0 Å². The van der Waals surface area contributed by atoms with Crippen LogP contribution in [0.4, 0.5) is 0 Å². The van der Waals surface area contributed by atoms with Crippen molar-refractivity contribution in [2.75, 3.05) is 13.7 Å². The second-order valence-electron chi connectivity index (χ2n) is 3.21. The van der Waals surface area contributed by atoms with Gasteiger partial charge in [0, 0.05) is 18.2 Å². The van der Waals surface area contributed by atoms with Gasteiger partial charge < -0.3 is 15.6 Å². The Bertz CT molecular complexity index is 276. The summed E-state index contributed by atoms with van der Waals surface area (Å²) in [7, 11) is 1.64. The zero-order valence-corrected chi connectivity index (χ0v) is 8.44. The van der Waals surface area contributed by atoms with Crippen molar-refractivity contribution in [1.29, 1.82) is 0 Å². The van der Waals surface area contributed by atoms with Gasteiger partial charge in [0.15, 0.2) is 0 Å². The lowest BCUT2D eigenvalue weighted by Crippen LogP contribution is -2.11. The summed E-state index contributed by atoms with van der Waals surface area (Å²) in [6, 6.07) is 7.66. The van der Waals surface area contributed by atoms with Crippen LogP contribution in [0.5, 0.6) is 5.75 Å². The van der Waals surface area contributed by atoms with E-state index in [1.807, 2.05) is 24.3 Å². The van der Waals surface area contributed by atoms with E-state index in [9.17, 15) is 0 Å². The lowest BCUT2D eigenvalue weighted by Gasteiger charge is -2.14. The average molecular weight is 195 g/mol. The summed E-state index contributed by atoms with van der Waals surface area (Å²) in [4.78, 5) is 0. The molecule has 0 unspecified atom stereocenters. The molecule has 0 spiro atoms. The van der Waals surface area contributed by atoms with Gasteiger partial charge in [-0.05, 0) is 18.9 Å². The molecular formula is C11H17NO2. The van der Waals surface area contributed by atoms with Gasteiger partial charge in [0.1, 0.15) is 5.75 Å². The molecule has 1 aromatic rings. The summed E-state index contributed by atoms with van der Waals surface area (Å²) in [6.07, 6.45) is 1.50. The first-order chi connectivity index (χ1) is 6.79. The van der Waals surface area contributed by atoms with Crippen LogP contribution >= 0.6 is 0 Å². The second kappa shape index (κ2) is 5.62. The Kier molecular flexibility index (Phi) is 4.43. The van der Waals surface area contributed by atoms with Crippen molar-refractivity contribution in [2.24, 2.45) is 5.73 Å². The van der Waals surface area contributed by atoms with Gasteiger partial charge in [-0.25, -0.2) is 0 Å². The number of rotatable bonds is 5. The predicted molar refractivity (Wildman–Crippen MR) is 56.2 cm³/mol. The monoisotopic (exact) mass is 195 g/mol. The summed E-state index contributed by atoms with van der Waals surface area (Å²) in [5, 5.41) is 8.70. The molecule has 78 valence electrons. The fourth-order valence-electron chi connectivity index (χ4n) is 1.44. The molecule has 0 aliphatic carbocycles. The first kappa shape index (κ1) is 11.0. The van der Waals surface area contributed by atoms with E-state index < -0.39 is 0 Å². The second-order valence-corrected chi connectivity index (χ2v) is 3.21. The Hall–Kier alpha value is -1.06. The van der Waals surface area contributed by atoms with Crippen LogP contribution in [0.2, 0.25) is 0 Å². The summed E-state index contributed by atoms with van der Waals surface area (Å²) in [5.74, 6) is 0.818. The topological polar surface area (TPSA) is 55.5 Å². The van der Waals surface area contributed by atoms with Crippen molar-refractivity contribution in [3.8, 4) is 5.75 Å². The van der Waals surface area contributed by atoms with E-state index in [4.69, 9.17) is 15.6 Å². The maximum absolute atomic E-state index is 8.70. The third-order valence-corrected chi connectivity index (χ3v) is 2.21. The highest BCUT2D eigenvalue weighted by atomic mass is 16.5. The molecule has 0 radical (unpaired) electrons. The van der Waals surface area contributed by atoms with Crippen LogP contribution in [0.1, 0.15) is 24.4 Å². The highest BCUT2D eigenvalue weighted by Crippen LogP contribution is 2.25. The molecule has 14 heavy (non-hydrogen) atoms. The van der Waals surface area contributed by atoms with E-state index in [1.54, 1.807) is 7.11 Å². The van der Waals surface area contributed by atoms with Crippen molar-refractivity contribution in [2.45, 2.75) is 18.9 Å². The van der Waals surface area contributed by atoms with E-state index in [-0.39, 0.29) is 12.6 Å². The van der Waals surface area contributed by atoms with Crippen molar-refractivity contribution in [3.05, 3.63) is 29.8 Å². The molecule has 0 aliphatic heterocycles. The van der Waals surface area contributed by atoms with Gasteiger partial charge in [0.2, 0.25) is 0 Å². The molecule has 0 fully saturated rings. The lowest BCUT2D eigenvalue weighted by atomic mass is 10.0. The van der Waals surface area contributed by atoms with E-state index in [2.05, 4.69) is 0 Å². The zero-order valence-electron chi connectivity index (χ0n) is 8.44. The van der Waals surface area contributed by atoms with Crippen molar-refractivity contribution in [1.82, 2.24) is 0 Å². The van der Waals surface area contributed by atoms with Gasteiger partial charge in [0.25, 0.3) is 0 Å². The molecule has 0 saturated carbocycles. The average Bonchev–Trinajstić information content (AvgIpc) is 2.25. The molecule has 0 saturated heterocycles. The molecule has 0 aromatic heterocycles. The molecule has 1 atom stereocenters. The van der Waals surface area contributed by atoms with E-state index in [0.717, 1.165) is 24.2 Å². The van der Waals surface area contributed by atoms with Crippen LogP contribution < -0.4 is 10.5 Å². The van der Waals surface area contributed by atoms with Crippen LogP contribution in [0.3, 0.4) is 0 Å². The Morgan fingerprint density at radius 3 is 2.79 bits per heavy atom. The normalized spacial score (nSPS) is 12.5. The number of methoxy groups -OCH3 is 1. The van der Waals surface area contributed by atoms with Gasteiger partial charge >= 0.3 is 0 Å². The molecule has 1 rings (SSSR count). The van der Waals surface area contributed by atoms with Gasteiger partial charge in [-0.3, -0.25) is 0 Å². The molecule has 1 aromatic carbocycles. The van der Waals surface area contributed by atoms with Crippen LogP contribution in [0, 0.1) is 0 Å². The first-order valence-electron chi connectivity index (χ1n) is 4.79.